The highest BCUT2D eigenvalue weighted by Crippen LogP contribution is 2.35. The van der Waals surface area contributed by atoms with Gasteiger partial charge in [0, 0.05) is 13.1 Å². The molecule has 94 valence electrons. The molecule has 0 aliphatic rings. The first-order valence-corrected chi connectivity index (χ1v) is 5.20. The van der Waals surface area contributed by atoms with Crippen LogP contribution in [-0.4, -0.2) is 14.7 Å². The Balaban J connectivity index is 2.43. The Hall–Kier alpha value is -2.57. The molecule has 1 aromatic heterocycles. The molecule has 2 aromatic rings. The van der Waals surface area contributed by atoms with Crippen molar-refractivity contribution in [3.8, 4) is 11.6 Å². The summed E-state index contributed by atoms with van der Waals surface area (Å²) < 4.78 is 6.98. The first kappa shape index (κ1) is 11.9. The number of nitrogen functional groups attached to an aromatic ring is 1. The van der Waals surface area contributed by atoms with Crippen molar-refractivity contribution in [1.82, 2.24) is 9.78 Å². The number of nitrogens with zero attached hydrogens (tertiary/aromatic N) is 3. The Morgan fingerprint density at radius 3 is 2.78 bits per heavy atom. The van der Waals surface area contributed by atoms with Crippen molar-refractivity contribution in [2.24, 2.45) is 7.05 Å². The molecule has 0 unspecified atom stereocenters. The van der Waals surface area contributed by atoms with Crippen LogP contribution in [0.4, 0.5) is 11.4 Å². The molecule has 7 nitrogen and oxygen atoms in total. The van der Waals surface area contributed by atoms with Gasteiger partial charge in [-0.1, -0.05) is 6.07 Å². The fraction of sp³-hybridized carbons (Fsp3) is 0.182. The monoisotopic (exact) mass is 248 g/mol. The van der Waals surface area contributed by atoms with Gasteiger partial charge in [-0.25, -0.2) is 4.68 Å². The van der Waals surface area contributed by atoms with Crippen LogP contribution < -0.4 is 10.5 Å². The van der Waals surface area contributed by atoms with Gasteiger partial charge in [-0.05, 0) is 19.1 Å². The average molecular weight is 248 g/mol. The second kappa shape index (κ2) is 4.36. The van der Waals surface area contributed by atoms with Gasteiger partial charge in [0.2, 0.25) is 11.6 Å². The molecule has 0 saturated heterocycles. The lowest BCUT2D eigenvalue weighted by Crippen LogP contribution is -2.00. The van der Waals surface area contributed by atoms with Crippen LogP contribution in [0.15, 0.2) is 24.3 Å². The summed E-state index contributed by atoms with van der Waals surface area (Å²) in [6.07, 6.45) is 0. The Bertz CT molecular complexity index is 606. The van der Waals surface area contributed by atoms with Gasteiger partial charge in [0.15, 0.2) is 0 Å². The van der Waals surface area contributed by atoms with Crippen molar-refractivity contribution < 1.29 is 9.66 Å². The molecule has 0 saturated carbocycles. The summed E-state index contributed by atoms with van der Waals surface area (Å²) in [5.74, 6) is 0.518. The lowest BCUT2D eigenvalue weighted by atomic mass is 10.2. The van der Waals surface area contributed by atoms with E-state index in [2.05, 4.69) is 5.10 Å². The first-order valence-electron chi connectivity index (χ1n) is 5.20. The molecule has 2 N–H and O–H groups in total. The molecule has 1 aromatic carbocycles. The minimum atomic E-state index is -0.562. The predicted molar refractivity (Wildman–Crippen MR) is 65.5 cm³/mol. The van der Waals surface area contributed by atoms with Crippen molar-refractivity contribution in [2.45, 2.75) is 6.92 Å². The first-order chi connectivity index (χ1) is 8.49. The summed E-state index contributed by atoms with van der Waals surface area (Å²) >= 11 is 0. The van der Waals surface area contributed by atoms with Gasteiger partial charge in [-0.15, -0.1) is 0 Å². The van der Waals surface area contributed by atoms with E-state index >= 15 is 0 Å². The van der Waals surface area contributed by atoms with Crippen molar-refractivity contribution in [3.05, 3.63) is 40.1 Å². The Labute approximate surface area is 103 Å². The highest BCUT2D eigenvalue weighted by Gasteiger charge is 2.20. The van der Waals surface area contributed by atoms with E-state index in [1.54, 1.807) is 26.1 Å². The van der Waals surface area contributed by atoms with Crippen molar-refractivity contribution in [2.75, 3.05) is 5.73 Å². The zero-order chi connectivity index (χ0) is 13.3. The summed E-state index contributed by atoms with van der Waals surface area (Å²) in [5.41, 5.74) is 6.16. The quantitative estimate of drug-likeness (QED) is 0.509. The van der Waals surface area contributed by atoms with E-state index in [4.69, 9.17) is 10.5 Å². The lowest BCUT2D eigenvalue weighted by molar-refractivity contribution is -0.384. The molecule has 2 rings (SSSR count). The van der Waals surface area contributed by atoms with E-state index in [9.17, 15) is 10.1 Å². The van der Waals surface area contributed by atoms with E-state index < -0.39 is 4.92 Å². The van der Waals surface area contributed by atoms with E-state index in [1.165, 1.54) is 16.8 Å². The second-order valence-electron chi connectivity index (χ2n) is 3.80. The number of benzene rings is 1. The fourth-order valence-electron chi connectivity index (χ4n) is 1.61. The maximum atomic E-state index is 10.9. The van der Waals surface area contributed by atoms with Crippen LogP contribution in [0, 0.1) is 17.0 Å². The SMILES string of the molecule is Cc1cc(Oc2cccc(N)c2[N+](=O)[O-])n(C)n1. The predicted octanol–water partition coefficient (Wildman–Crippen LogP) is 2.01. The van der Waals surface area contributed by atoms with E-state index in [0.29, 0.717) is 5.88 Å². The number of hydrogen-bond donors (Lipinski definition) is 1. The zero-order valence-corrected chi connectivity index (χ0v) is 9.95. The number of aryl methyl sites for hydroxylation is 2. The third kappa shape index (κ3) is 2.10. The molecule has 7 heteroatoms. The molecular weight excluding hydrogens is 236 g/mol. The van der Waals surface area contributed by atoms with Gasteiger partial charge in [0.25, 0.3) is 0 Å². The van der Waals surface area contributed by atoms with Crippen LogP contribution in [0.2, 0.25) is 0 Å². The summed E-state index contributed by atoms with van der Waals surface area (Å²) in [6.45, 7) is 1.81. The van der Waals surface area contributed by atoms with Crippen molar-refractivity contribution in [1.29, 1.82) is 0 Å². The van der Waals surface area contributed by atoms with Gasteiger partial charge in [-0.3, -0.25) is 10.1 Å². The molecule has 0 spiro atoms. The Kier molecular flexibility index (Phi) is 2.88. The van der Waals surface area contributed by atoms with Crippen molar-refractivity contribution in [3.63, 3.8) is 0 Å². The number of nitro groups is 1. The van der Waals surface area contributed by atoms with Gasteiger partial charge >= 0.3 is 5.69 Å². The van der Waals surface area contributed by atoms with Crippen molar-refractivity contribution >= 4 is 11.4 Å². The van der Waals surface area contributed by atoms with Gasteiger partial charge in [-0.2, -0.15) is 5.10 Å². The minimum Gasteiger partial charge on any atom is -0.432 e. The number of rotatable bonds is 3. The van der Waals surface area contributed by atoms with E-state index in [0.717, 1.165) is 5.69 Å². The van der Waals surface area contributed by atoms with Crippen LogP contribution in [0.25, 0.3) is 0 Å². The lowest BCUT2D eigenvalue weighted by Gasteiger charge is -2.07. The normalized spacial score (nSPS) is 10.3. The molecule has 0 fully saturated rings. The van der Waals surface area contributed by atoms with Gasteiger partial charge in [0.05, 0.1) is 10.6 Å². The molecule has 0 bridgehead atoms. The van der Waals surface area contributed by atoms with Crippen LogP contribution in [0.1, 0.15) is 5.69 Å². The Morgan fingerprint density at radius 2 is 2.22 bits per heavy atom. The number of nitrogens with two attached hydrogens (primary N) is 1. The Morgan fingerprint density at radius 1 is 1.50 bits per heavy atom. The fourth-order valence-corrected chi connectivity index (χ4v) is 1.61. The standard InChI is InChI=1S/C11H12N4O3/c1-7-6-10(14(2)13-7)18-9-5-3-4-8(12)11(9)15(16)17/h3-6H,12H2,1-2H3. The number of hydrogen-bond acceptors (Lipinski definition) is 5. The maximum absolute atomic E-state index is 10.9. The molecule has 18 heavy (non-hydrogen) atoms. The van der Waals surface area contributed by atoms with Gasteiger partial charge in [0.1, 0.15) is 5.69 Å². The van der Waals surface area contributed by atoms with Crippen LogP contribution in [-0.2, 0) is 7.05 Å². The largest absolute Gasteiger partial charge is 0.432 e. The molecule has 0 aliphatic heterocycles. The number of anilines is 1. The minimum absolute atomic E-state index is 0.0661. The highest BCUT2D eigenvalue weighted by atomic mass is 16.6. The highest BCUT2D eigenvalue weighted by molar-refractivity contribution is 5.66. The average Bonchev–Trinajstić information content (AvgIpc) is 2.57. The molecule has 0 radical (unpaired) electrons. The molecule has 0 aliphatic carbocycles. The molecule has 1 heterocycles. The number of ether oxygens (including phenoxy) is 1. The zero-order valence-electron chi connectivity index (χ0n) is 9.95. The van der Waals surface area contributed by atoms with Gasteiger partial charge < -0.3 is 10.5 Å². The molecule has 0 amide bonds. The maximum Gasteiger partial charge on any atom is 0.334 e. The van der Waals surface area contributed by atoms with E-state index in [1.807, 2.05) is 0 Å². The topological polar surface area (TPSA) is 96.2 Å². The molecular formula is C11H12N4O3. The molecule has 0 atom stereocenters. The number of aromatic nitrogens is 2. The summed E-state index contributed by atoms with van der Waals surface area (Å²) in [6, 6.07) is 6.24. The summed E-state index contributed by atoms with van der Waals surface area (Å²) in [4.78, 5) is 10.4. The second-order valence-corrected chi connectivity index (χ2v) is 3.80. The number of nitro benzene ring substituents is 1. The third-order valence-corrected chi connectivity index (χ3v) is 2.39. The number of para-hydroxylation sites is 1. The van der Waals surface area contributed by atoms with Crippen LogP contribution >= 0.6 is 0 Å². The smallest absolute Gasteiger partial charge is 0.334 e. The van der Waals surface area contributed by atoms with Crippen LogP contribution in [0.5, 0.6) is 11.6 Å². The summed E-state index contributed by atoms with van der Waals surface area (Å²) in [7, 11) is 1.69. The van der Waals surface area contributed by atoms with E-state index in [-0.39, 0.29) is 17.1 Å². The summed E-state index contributed by atoms with van der Waals surface area (Å²) in [5, 5.41) is 15.0. The van der Waals surface area contributed by atoms with Crippen LogP contribution in [0.3, 0.4) is 0 Å². The third-order valence-electron chi connectivity index (χ3n) is 2.39.